The number of fused-ring (bicyclic) bond motifs is 1. The number of amides is 1. The molecule has 1 aromatic heterocycles. The molecule has 2 N–H and O–H groups in total. The first-order valence-electron chi connectivity index (χ1n) is 9.88. The molecule has 1 atom stereocenters. The standard InChI is InChI=1S/C23H23N3O3S/c1-3-29-17-9-5-8-16(11-17)18-12-19(27)24-21-20(18)22(28)26-23(25-21)30-13-15-7-4-6-14(2)10-15/h4-11,18H,3,12-13H2,1-2H3,(H2,24,25,26,27,28). The van der Waals surface area contributed by atoms with Crippen molar-refractivity contribution in [1.82, 2.24) is 9.97 Å². The fourth-order valence-electron chi connectivity index (χ4n) is 3.65. The third-order valence-corrected chi connectivity index (χ3v) is 5.90. The molecule has 1 aliphatic rings. The summed E-state index contributed by atoms with van der Waals surface area (Å²) in [6, 6.07) is 15.7. The van der Waals surface area contributed by atoms with Crippen LogP contribution in [0, 0.1) is 6.92 Å². The highest BCUT2D eigenvalue weighted by Gasteiger charge is 2.31. The van der Waals surface area contributed by atoms with Gasteiger partial charge in [0.2, 0.25) is 5.91 Å². The van der Waals surface area contributed by atoms with Gasteiger partial charge < -0.3 is 15.0 Å². The van der Waals surface area contributed by atoms with E-state index in [2.05, 4.69) is 21.4 Å². The van der Waals surface area contributed by atoms with Crippen molar-refractivity contribution in [3.63, 3.8) is 0 Å². The monoisotopic (exact) mass is 421 g/mol. The summed E-state index contributed by atoms with van der Waals surface area (Å²) in [5.74, 6) is 1.23. The lowest BCUT2D eigenvalue weighted by molar-refractivity contribution is -0.116. The van der Waals surface area contributed by atoms with Crippen LogP contribution in [-0.4, -0.2) is 22.5 Å². The molecule has 1 unspecified atom stereocenters. The number of thioether (sulfide) groups is 1. The number of anilines is 1. The maximum atomic E-state index is 13.0. The van der Waals surface area contributed by atoms with E-state index in [0.29, 0.717) is 28.9 Å². The zero-order valence-corrected chi connectivity index (χ0v) is 17.7. The van der Waals surface area contributed by atoms with Crippen molar-refractivity contribution in [2.45, 2.75) is 37.1 Å². The second kappa shape index (κ2) is 8.75. The number of hydrogen-bond acceptors (Lipinski definition) is 5. The van der Waals surface area contributed by atoms with E-state index in [9.17, 15) is 9.59 Å². The number of aromatic amines is 1. The Bertz CT molecular complexity index is 1140. The van der Waals surface area contributed by atoms with Crippen LogP contribution in [0.3, 0.4) is 0 Å². The first kappa shape index (κ1) is 20.2. The number of ether oxygens (including phenoxy) is 1. The van der Waals surface area contributed by atoms with E-state index in [1.165, 1.54) is 17.3 Å². The number of hydrogen-bond donors (Lipinski definition) is 2. The largest absolute Gasteiger partial charge is 0.494 e. The molecule has 0 spiro atoms. The number of H-pyrrole nitrogens is 1. The van der Waals surface area contributed by atoms with Crippen LogP contribution in [0.4, 0.5) is 5.82 Å². The zero-order valence-electron chi connectivity index (χ0n) is 16.9. The van der Waals surface area contributed by atoms with E-state index in [4.69, 9.17) is 4.74 Å². The van der Waals surface area contributed by atoms with Gasteiger partial charge in [0.15, 0.2) is 5.16 Å². The van der Waals surface area contributed by atoms with Gasteiger partial charge in [0.25, 0.3) is 5.56 Å². The van der Waals surface area contributed by atoms with Gasteiger partial charge in [0, 0.05) is 18.1 Å². The van der Waals surface area contributed by atoms with Gasteiger partial charge in [0.1, 0.15) is 11.6 Å². The van der Waals surface area contributed by atoms with Crippen LogP contribution < -0.4 is 15.6 Å². The minimum absolute atomic E-state index is 0.151. The van der Waals surface area contributed by atoms with E-state index < -0.39 is 0 Å². The quantitative estimate of drug-likeness (QED) is 0.459. The molecule has 2 aromatic carbocycles. The van der Waals surface area contributed by atoms with E-state index >= 15 is 0 Å². The molecule has 154 valence electrons. The fourth-order valence-corrected chi connectivity index (χ4v) is 4.45. The summed E-state index contributed by atoms with van der Waals surface area (Å²) in [7, 11) is 0. The first-order chi connectivity index (χ1) is 14.5. The smallest absolute Gasteiger partial charge is 0.257 e. The van der Waals surface area contributed by atoms with Crippen molar-refractivity contribution in [2.24, 2.45) is 0 Å². The predicted octanol–water partition coefficient (Wildman–Crippen LogP) is 4.24. The Labute approximate surface area is 179 Å². The third-order valence-electron chi connectivity index (χ3n) is 4.96. The number of nitrogens with zero attached hydrogens (tertiary/aromatic N) is 1. The van der Waals surface area contributed by atoms with Gasteiger partial charge in [-0.3, -0.25) is 9.59 Å². The van der Waals surface area contributed by atoms with Crippen molar-refractivity contribution < 1.29 is 9.53 Å². The van der Waals surface area contributed by atoms with Crippen molar-refractivity contribution >= 4 is 23.5 Å². The average molecular weight is 422 g/mol. The Morgan fingerprint density at radius 3 is 2.80 bits per heavy atom. The van der Waals surface area contributed by atoms with Crippen LogP contribution in [0.15, 0.2) is 58.5 Å². The molecule has 0 saturated heterocycles. The summed E-state index contributed by atoms with van der Waals surface area (Å²) < 4.78 is 5.58. The maximum Gasteiger partial charge on any atom is 0.257 e. The van der Waals surface area contributed by atoms with E-state index in [1.807, 2.05) is 56.3 Å². The van der Waals surface area contributed by atoms with Crippen LogP contribution in [0.1, 0.15) is 41.5 Å². The van der Waals surface area contributed by atoms with Gasteiger partial charge in [-0.2, -0.15) is 0 Å². The summed E-state index contributed by atoms with van der Waals surface area (Å²) in [4.78, 5) is 32.7. The van der Waals surface area contributed by atoms with Crippen molar-refractivity contribution in [2.75, 3.05) is 11.9 Å². The van der Waals surface area contributed by atoms with Gasteiger partial charge in [-0.25, -0.2) is 4.98 Å². The lowest BCUT2D eigenvalue weighted by Gasteiger charge is -2.24. The minimum Gasteiger partial charge on any atom is -0.494 e. The first-order valence-corrected chi connectivity index (χ1v) is 10.9. The highest BCUT2D eigenvalue weighted by atomic mass is 32.2. The van der Waals surface area contributed by atoms with Crippen molar-refractivity contribution in [1.29, 1.82) is 0 Å². The molecule has 3 aromatic rings. The molecule has 4 rings (SSSR count). The summed E-state index contributed by atoms with van der Waals surface area (Å²) in [6.07, 6.45) is 0.198. The highest BCUT2D eigenvalue weighted by molar-refractivity contribution is 7.98. The van der Waals surface area contributed by atoms with E-state index in [1.54, 1.807) is 0 Å². The van der Waals surface area contributed by atoms with Crippen LogP contribution in [0.5, 0.6) is 5.75 Å². The second-order valence-corrected chi connectivity index (χ2v) is 8.19. The molecule has 0 radical (unpaired) electrons. The van der Waals surface area contributed by atoms with Crippen LogP contribution in [-0.2, 0) is 10.5 Å². The van der Waals surface area contributed by atoms with Crippen LogP contribution >= 0.6 is 11.8 Å². The number of carbonyl (C=O) groups excluding carboxylic acids is 1. The molecular weight excluding hydrogens is 398 g/mol. The van der Waals surface area contributed by atoms with Crippen molar-refractivity contribution in [3.8, 4) is 5.75 Å². The lowest BCUT2D eigenvalue weighted by atomic mass is 9.87. The Kier molecular flexibility index (Phi) is 5.90. The molecule has 0 aliphatic carbocycles. The molecule has 1 aliphatic heterocycles. The molecule has 0 bridgehead atoms. The molecule has 0 fully saturated rings. The number of benzene rings is 2. The number of aromatic nitrogens is 2. The fraction of sp³-hybridized carbons (Fsp3) is 0.261. The van der Waals surface area contributed by atoms with E-state index in [0.717, 1.165) is 16.9 Å². The second-order valence-electron chi connectivity index (χ2n) is 7.22. The molecule has 7 heteroatoms. The number of aryl methyl sites for hydroxylation is 1. The highest BCUT2D eigenvalue weighted by Crippen LogP contribution is 2.35. The molecule has 30 heavy (non-hydrogen) atoms. The Morgan fingerprint density at radius 1 is 1.17 bits per heavy atom. The normalized spacial score (nSPS) is 15.4. The van der Waals surface area contributed by atoms with Crippen LogP contribution in [0.2, 0.25) is 0 Å². The Balaban J connectivity index is 1.64. The van der Waals surface area contributed by atoms with Gasteiger partial charge in [-0.15, -0.1) is 0 Å². The SMILES string of the molecule is CCOc1cccc(C2CC(=O)Nc3nc(SCc4cccc(C)c4)[nH]c(=O)c32)c1. The molecular formula is C23H23N3O3S. The summed E-state index contributed by atoms with van der Waals surface area (Å²) >= 11 is 1.44. The Morgan fingerprint density at radius 2 is 2.00 bits per heavy atom. The van der Waals surface area contributed by atoms with Gasteiger partial charge in [-0.1, -0.05) is 53.7 Å². The Hall–Kier alpha value is -3.06. The predicted molar refractivity (Wildman–Crippen MR) is 118 cm³/mol. The summed E-state index contributed by atoms with van der Waals surface area (Å²) in [5, 5.41) is 3.26. The van der Waals surface area contributed by atoms with Crippen molar-refractivity contribution in [3.05, 3.63) is 81.1 Å². The maximum absolute atomic E-state index is 13.0. The number of carbonyl (C=O) groups is 1. The lowest BCUT2D eigenvalue weighted by Crippen LogP contribution is -2.31. The molecule has 1 amide bonds. The summed E-state index contributed by atoms with van der Waals surface area (Å²) in [5.41, 5.74) is 3.46. The molecule has 2 heterocycles. The summed E-state index contributed by atoms with van der Waals surface area (Å²) in [6.45, 7) is 4.51. The zero-order chi connectivity index (χ0) is 21.1. The van der Waals surface area contributed by atoms with Crippen LogP contribution in [0.25, 0.3) is 0 Å². The molecule has 0 saturated carbocycles. The van der Waals surface area contributed by atoms with Gasteiger partial charge >= 0.3 is 0 Å². The topological polar surface area (TPSA) is 84.1 Å². The number of nitrogens with one attached hydrogen (secondary N) is 2. The van der Waals surface area contributed by atoms with Gasteiger partial charge in [-0.05, 0) is 37.1 Å². The van der Waals surface area contributed by atoms with E-state index in [-0.39, 0.29) is 23.8 Å². The average Bonchev–Trinajstić information content (AvgIpc) is 2.72. The molecule has 6 nitrogen and oxygen atoms in total. The minimum atomic E-state index is -0.360. The van der Waals surface area contributed by atoms with Gasteiger partial charge in [0.05, 0.1) is 12.2 Å². The third kappa shape index (κ3) is 4.41. The number of rotatable bonds is 6.